The first-order valence-corrected chi connectivity index (χ1v) is 10.2. The van der Waals surface area contributed by atoms with Crippen molar-refractivity contribution < 1.29 is 14.3 Å². The van der Waals surface area contributed by atoms with E-state index in [-0.39, 0.29) is 30.1 Å². The molecule has 0 aromatic rings. The SMILES string of the molecule is O=C(NCC1CCCCC1)N1C[C@@H]2C[C@@H](C(=O)N3CCCC3)[C@H](C1)O2. The first-order valence-electron chi connectivity index (χ1n) is 10.2. The molecule has 3 atom stereocenters. The fourth-order valence-corrected chi connectivity index (χ4v) is 4.99. The summed E-state index contributed by atoms with van der Waals surface area (Å²) in [5.74, 6) is 0.827. The van der Waals surface area contributed by atoms with Crippen molar-refractivity contribution >= 4 is 11.9 Å². The molecular weight excluding hydrogens is 318 g/mol. The summed E-state index contributed by atoms with van der Waals surface area (Å²) >= 11 is 0. The molecule has 4 fully saturated rings. The van der Waals surface area contributed by atoms with Crippen molar-refractivity contribution in [1.29, 1.82) is 0 Å². The van der Waals surface area contributed by atoms with E-state index in [9.17, 15) is 9.59 Å². The smallest absolute Gasteiger partial charge is 0.317 e. The monoisotopic (exact) mass is 349 g/mol. The lowest BCUT2D eigenvalue weighted by Crippen LogP contribution is -2.52. The summed E-state index contributed by atoms with van der Waals surface area (Å²) in [6.45, 7) is 3.74. The van der Waals surface area contributed by atoms with Crippen LogP contribution in [0.4, 0.5) is 4.79 Å². The minimum absolute atomic E-state index is 0.0238. The molecule has 1 saturated carbocycles. The summed E-state index contributed by atoms with van der Waals surface area (Å²) in [5, 5.41) is 3.13. The second kappa shape index (κ2) is 7.52. The molecule has 1 aliphatic carbocycles. The standard InChI is InChI=1S/C19H31N3O3/c23-18(21-8-4-5-9-21)16-10-15-12-22(13-17(16)25-15)19(24)20-11-14-6-2-1-3-7-14/h14-17H,1-13H2,(H,20,24)/t15-,16+,17-/m0/s1. The lowest BCUT2D eigenvalue weighted by atomic mass is 9.89. The van der Waals surface area contributed by atoms with Gasteiger partial charge in [0, 0.05) is 32.7 Å². The van der Waals surface area contributed by atoms with Crippen molar-refractivity contribution in [3.63, 3.8) is 0 Å². The highest BCUT2D eigenvalue weighted by molar-refractivity contribution is 5.80. The number of nitrogens with zero attached hydrogens (tertiary/aromatic N) is 2. The Hall–Kier alpha value is -1.30. The van der Waals surface area contributed by atoms with Gasteiger partial charge in [0.1, 0.15) is 0 Å². The Morgan fingerprint density at radius 1 is 0.960 bits per heavy atom. The molecule has 0 spiro atoms. The number of likely N-dealkylation sites (tertiary alicyclic amines) is 2. The van der Waals surface area contributed by atoms with Gasteiger partial charge in [-0.25, -0.2) is 4.79 Å². The molecule has 3 heterocycles. The number of nitrogens with one attached hydrogen (secondary N) is 1. The Morgan fingerprint density at radius 2 is 1.72 bits per heavy atom. The molecule has 0 radical (unpaired) electrons. The summed E-state index contributed by atoms with van der Waals surface area (Å²) < 4.78 is 6.00. The summed E-state index contributed by atoms with van der Waals surface area (Å²) in [6.07, 6.45) is 9.30. The van der Waals surface area contributed by atoms with E-state index in [1.165, 1.54) is 32.1 Å². The molecule has 2 bridgehead atoms. The average Bonchev–Trinajstić information content (AvgIpc) is 3.28. The summed E-state index contributed by atoms with van der Waals surface area (Å²) in [7, 11) is 0. The fraction of sp³-hybridized carbons (Fsp3) is 0.895. The molecule has 3 aliphatic heterocycles. The Balaban J connectivity index is 1.29. The third-order valence-electron chi connectivity index (χ3n) is 6.45. The highest BCUT2D eigenvalue weighted by Crippen LogP contribution is 2.34. The van der Waals surface area contributed by atoms with E-state index in [0.717, 1.165) is 38.9 Å². The third kappa shape index (κ3) is 3.78. The van der Waals surface area contributed by atoms with Crippen LogP contribution in [0.3, 0.4) is 0 Å². The number of fused-ring (bicyclic) bond motifs is 2. The topological polar surface area (TPSA) is 61.9 Å². The van der Waals surface area contributed by atoms with Gasteiger partial charge < -0.3 is 19.9 Å². The minimum atomic E-state index is -0.118. The van der Waals surface area contributed by atoms with Crippen LogP contribution in [0.15, 0.2) is 0 Å². The molecule has 140 valence electrons. The van der Waals surface area contributed by atoms with E-state index in [4.69, 9.17) is 4.74 Å². The number of ether oxygens (including phenoxy) is 1. The molecule has 1 N–H and O–H groups in total. The zero-order valence-electron chi connectivity index (χ0n) is 15.1. The molecule has 4 aliphatic rings. The van der Waals surface area contributed by atoms with Crippen molar-refractivity contribution in [2.24, 2.45) is 11.8 Å². The maximum Gasteiger partial charge on any atom is 0.317 e. The van der Waals surface area contributed by atoms with Crippen LogP contribution in [0, 0.1) is 11.8 Å². The normalized spacial score (nSPS) is 32.9. The van der Waals surface area contributed by atoms with Gasteiger partial charge in [-0.05, 0) is 38.0 Å². The number of rotatable bonds is 3. The zero-order valence-corrected chi connectivity index (χ0v) is 15.1. The summed E-state index contributed by atoms with van der Waals surface area (Å²) in [6, 6.07) is 0.0261. The number of urea groups is 1. The van der Waals surface area contributed by atoms with Gasteiger partial charge in [0.2, 0.25) is 5.91 Å². The number of morpholine rings is 1. The number of hydrogen-bond acceptors (Lipinski definition) is 3. The summed E-state index contributed by atoms with van der Waals surface area (Å²) in [5.41, 5.74) is 0. The van der Waals surface area contributed by atoms with Crippen LogP contribution in [-0.4, -0.2) is 66.7 Å². The summed E-state index contributed by atoms with van der Waals surface area (Å²) in [4.78, 5) is 29.1. The van der Waals surface area contributed by atoms with E-state index >= 15 is 0 Å². The number of carbonyl (C=O) groups excluding carboxylic acids is 2. The van der Waals surface area contributed by atoms with Crippen LogP contribution in [0.5, 0.6) is 0 Å². The van der Waals surface area contributed by atoms with E-state index in [1.54, 1.807) is 0 Å². The van der Waals surface area contributed by atoms with Gasteiger partial charge >= 0.3 is 6.03 Å². The van der Waals surface area contributed by atoms with Gasteiger partial charge in [-0.1, -0.05) is 19.3 Å². The van der Waals surface area contributed by atoms with Gasteiger partial charge in [-0.3, -0.25) is 4.79 Å². The van der Waals surface area contributed by atoms with Gasteiger partial charge in [0.05, 0.1) is 18.1 Å². The average molecular weight is 349 g/mol. The fourth-order valence-electron chi connectivity index (χ4n) is 4.99. The highest BCUT2D eigenvalue weighted by Gasteiger charge is 2.47. The molecule has 0 unspecified atom stereocenters. The Kier molecular flexibility index (Phi) is 5.15. The molecule has 0 aromatic carbocycles. The molecular formula is C19H31N3O3. The molecule has 6 nitrogen and oxygen atoms in total. The van der Waals surface area contributed by atoms with Crippen LogP contribution < -0.4 is 5.32 Å². The second-order valence-corrected chi connectivity index (χ2v) is 8.27. The van der Waals surface area contributed by atoms with E-state index in [1.807, 2.05) is 9.80 Å². The zero-order chi connectivity index (χ0) is 17.2. The first kappa shape index (κ1) is 17.1. The van der Waals surface area contributed by atoms with Crippen molar-refractivity contribution in [3.8, 4) is 0 Å². The van der Waals surface area contributed by atoms with Crippen LogP contribution in [0.2, 0.25) is 0 Å². The Morgan fingerprint density at radius 3 is 2.48 bits per heavy atom. The third-order valence-corrected chi connectivity index (χ3v) is 6.45. The van der Waals surface area contributed by atoms with Gasteiger partial charge in [-0.2, -0.15) is 0 Å². The minimum Gasteiger partial charge on any atom is -0.370 e. The van der Waals surface area contributed by atoms with Gasteiger partial charge in [0.15, 0.2) is 0 Å². The van der Waals surface area contributed by atoms with Crippen molar-refractivity contribution in [3.05, 3.63) is 0 Å². The highest BCUT2D eigenvalue weighted by atomic mass is 16.5. The van der Waals surface area contributed by atoms with Gasteiger partial charge in [0.25, 0.3) is 0 Å². The van der Waals surface area contributed by atoms with Crippen LogP contribution in [0.25, 0.3) is 0 Å². The number of hydrogen-bond donors (Lipinski definition) is 1. The van der Waals surface area contributed by atoms with E-state index in [0.29, 0.717) is 19.0 Å². The van der Waals surface area contributed by atoms with Crippen molar-refractivity contribution in [1.82, 2.24) is 15.1 Å². The van der Waals surface area contributed by atoms with Crippen LogP contribution in [-0.2, 0) is 9.53 Å². The maximum absolute atomic E-state index is 12.7. The number of amides is 3. The molecule has 4 rings (SSSR count). The first-order chi connectivity index (χ1) is 12.2. The predicted molar refractivity (Wildman–Crippen MR) is 94.1 cm³/mol. The second-order valence-electron chi connectivity index (χ2n) is 8.27. The van der Waals surface area contributed by atoms with Crippen LogP contribution >= 0.6 is 0 Å². The molecule has 25 heavy (non-hydrogen) atoms. The molecule has 6 heteroatoms. The quantitative estimate of drug-likeness (QED) is 0.848. The van der Waals surface area contributed by atoms with Crippen LogP contribution in [0.1, 0.15) is 51.4 Å². The lowest BCUT2D eigenvalue weighted by molar-refractivity contribution is -0.137. The Bertz CT molecular complexity index is 500. The molecule has 0 aromatic heterocycles. The van der Waals surface area contributed by atoms with Gasteiger partial charge in [-0.15, -0.1) is 0 Å². The Labute approximate surface area is 150 Å². The number of carbonyl (C=O) groups is 2. The van der Waals surface area contributed by atoms with E-state index < -0.39 is 0 Å². The molecule has 3 amide bonds. The van der Waals surface area contributed by atoms with Crippen molar-refractivity contribution in [2.45, 2.75) is 63.6 Å². The molecule has 3 saturated heterocycles. The van der Waals surface area contributed by atoms with E-state index in [2.05, 4.69) is 5.32 Å². The maximum atomic E-state index is 12.7. The largest absolute Gasteiger partial charge is 0.370 e. The lowest BCUT2D eigenvalue weighted by Gasteiger charge is -2.33. The van der Waals surface area contributed by atoms with Crippen molar-refractivity contribution in [2.75, 3.05) is 32.7 Å². The predicted octanol–water partition coefficient (Wildman–Crippen LogP) is 1.99.